The summed E-state index contributed by atoms with van der Waals surface area (Å²) in [5, 5.41) is 9.62. The van der Waals surface area contributed by atoms with Crippen molar-refractivity contribution in [2.45, 2.75) is 43.4 Å². The van der Waals surface area contributed by atoms with Gasteiger partial charge in [-0.05, 0) is 35.9 Å². The monoisotopic (exact) mass is 564 g/mol. The number of nitrogens with zero attached hydrogens (tertiary/aromatic N) is 2. The zero-order chi connectivity index (χ0) is 27.9. The summed E-state index contributed by atoms with van der Waals surface area (Å²) < 4.78 is 110. The molecule has 0 aliphatic carbocycles. The molecule has 4 rings (SSSR count). The lowest BCUT2D eigenvalue weighted by Gasteiger charge is -2.34. The number of methoxy groups -OCH3 is 1. The maximum absolute atomic E-state index is 15.7. The van der Waals surface area contributed by atoms with Crippen molar-refractivity contribution < 1.29 is 49.7 Å². The van der Waals surface area contributed by atoms with Gasteiger partial charge in [-0.3, -0.25) is 4.90 Å². The number of rotatable bonds is 8. The third-order valence-electron chi connectivity index (χ3n) is 6.94. The fourth-order valence-corrected chi connectivity index (χ4v) is 6.72. The highest BCUT2D eigenvalue weighted by Gasteiger charge is 2.68. The Morgan fingerprint density at radius 1 is 1.00 bits per heavy atom. The van der Waals surface area contributed by atoms with Crippen LogP contribution in [0.5, 0.6) is 5.75 Å². The minimum absolute atomic E-state index is 0.0721. The molecule has 0 bridgehead atoms. The molecule has 1 amide bonds. The Morgan fingerprint density at radius 2 is 1.63 bits per heavy atom. The van der Waals surface area contributed by atoms with Crippen LogP contribution in [0.3, 0.4) is 0 Å². The normalized spacial score (nSPS) is 28.3. The van der Waals surface area contributed by atoms with Gasteiger partial charge in [0.15, 0.2) is 30.5 Å². The van der Waals surface area contributed by atoms with E-state index in [-0.39, 0.29) is 28.5 Å². The topological polar surface area (TPSA) is 96.4 Å². The maximum Gasteiger partial charge on any atom is 0.409 e. The van der Waals surface area contributed by atoms with Crippen molar-refractivity contribution >= 4 is 16.1 Å². The highest BCUT2D eigenvalue weighted by Crippen LogP contribution is 2.53. The summed E-state index contributed by atoms with van der Waals surface area (Å²) >= 11 is 0. The van der Waals surface area contributed by atoms with Gasteiger partial charge in [0.05, 0.1) is 37.2 Å². The Balaban J connectivity index is 1.58. The minimum Gasteiger partial charge on any atom is -0.497 e. The summed E-state index contributed by atoms with van der Waals surface area (Å²) in [5.41, 5.74) is 0.734. The molecule has 0 aromatic heterocycles. The SMILES string of the molecule is COc1ccc(COCC(C)C2[C@H]3C(F)N(S(=O)(=O)c4ccc(F)c(F)c4)C(F)[C@H]3C(F)N2C(=O)O)cc1. The number of hydrogen-bond donors (Lipinski definition) is 1. The van der Waals surface area contributed by atoms with Gasteiger partial charge in [-0.25, -0.2) is 35.2 Å². The number of fused-ring (bicyclic) bond motifs is 1. The zero-order valence-electron chi connectivity index (χ0n) is 20.2. The van der Waals surface area contributed by atoms with Crippen LogP contribution in [0.1, 0.15) is 12.5 Å². The predicted molar refractivity (Wildman–Crippen MR) is 123 cm³/mol. The molecule has 2 saturated heterocycles. The van der Waals surface area contributed by atoms with Gasteiger partial charge in [0.1, 0.15) is 5.75 Å². The summed E-state index contributed by atoms with van der Waals surface area (Å²) in [5.74, 6) is -6.92. The molecule has 0 radical (unpaired) electrons. The summed E-state index contributed by atoms with van der Waals surface area (Å²) in [4.78, 5) is 11.2. The second kappa shape index (κ2) is 10.7. The summed E-state index contributed by atoms with van der Waals surface area (Å²) in [6.07, 6.45) is -9.83. The number of amides is 1. The van der Waals surface area contributed by atoms with Crippen molar-refractivity contribution in [2.75, 3.05) is 13.7 Å². The Morgan fingerprint density at radius 3 is 2.21 bits per heavy atom. The fraction of sp³-hybridized carbons (Fsp3) is 0.458. The minimum atomic E-state index is -5.08. The van der Waals surface area contributed by atoms with Gasteiger partial charge in [-0.2, -0.15) is 0 Å². The van der Waals surface area contributed by atoms with Crippen LogP contribution in [0.2, 0.25) is 0 Å². The molecule has 2 fully saturated rings. The molecule has 14 heteroatoms. The number of likely N-dealkylation sites (tertiary alicyclic amines) is 1. The van der Waals surface area contributed by atoms with Crippen molar-refractivity contribution in [2.24, 2.45) is 17.8 Å². The second-order valence-electron chi connectivity index (χ2n) is 9.20. The summed E-state index contributed by atoms with van der Waals surface area (Å²) in [6, 6.07) is 6.72. The van der Waals surface area contributed by atoms with E-state index in [4.69, 9.17) is 9.47 Å². The van der Waals surface area contributed by atoms with Crippen molar-refractivity contribution in [3.05, 3.63) is 59.7 Å². The van der Waals surface area contributed by atoms with E-state index < -0.39 is 75.3 Å². The Hall–Kier alpha value is -2.97. The molecule has 7 atom stereocenters. The lowest BCUT2D eigenvalue weighted by molar-refractivity contribution is -0.0108. The van der Waals surface area contributed by atoms with E-state index in [0.29, 0.717) is 17.9 Å². The number of hydrogen-bond acceptors (Lipinski definition) is 5. The number of ether oxygens (including phenoxy) is 2. The molecule has 2 aromatic carbocycles. The van der Waals surface area contributed by atoms with Crippen LogP contribution in [0, 0.1) is 29.4 Å². The number of benzene rings is 2. The van der Waals surface area contributed by atoms with Crippen molar-refractivity contribution in [1.82, 2.24) is 9.21 Å². The first kappa shape index (κ1) is 28.0. The maximum atomic E-state index is 15.7. The molecule has 1 N–H and O–H groups in total. The molecule has 2 aliphatic heterocycles. The Labute approximate surface area is 215 Å². The Kier molecular flexibility index (Phi) is 7.86. The lowest BCUT2D eigenvalue weighted by Crippen LogP contribution is -2.50. The third-order valence-corrected chi connectivity index (χ3v) is 8.75. The standard InChI is InChI=1S/C24H25F5N2O6S/c1-12(10-37-11-13-3-5-14(36-2)6-4-13)20-18-19(21(27)30(20)24(32)33)23(29)31(22(18)28)38(34,35)15-7-8-16(25)17(26)9-15/h3-9,12,18-23H,10-11H2,1-2H3,(H,32,33)/t12?,18-,19+,20?,21?,22?,23?/m0/s1. The van der Waals surface area contributed by atoms with Crippen molar-refractivity contribution in [3.63, 3.8) is 0 Å². The van der Waals surface area contributed by atoms with E-state index in [2.05, 4.69) is 0 Å². The molecule has 2 heterocycles. The van der Waals surface area contributed by atoms with Gasteiger partial charge < -0.3 is 14.6 Å². The second-order valence-corrected chi connectivity index (χ2v) is 11.0. The number of carbonyl (C=O) groups is 1. The molecular weight excluding hydrogens is 539 g/mol. The average Bonchev–Trinajstić information content (AvgIpc) is 3.32. The van der Waals surface area contributed by atoms with Crippen LogP contribution in [-0.2, 0) is 21.4 Å². The van der Waals surface area contributed by atoms with Gasteiger partial charge in [0, 0.05) is 11.8 Å². The number of carboxylic acid groups (broad SMARTS) is 1. The number of sulfonamides is 1. The number of halogens is 5. The Bertz CT molecular complexity index is 1280. The van der Waals surface area contributed by atoms with Gasteiger partial charge in [-0.15, -0.1) is 4.31 Å². The van der Waals surface area contributed by atoms with Crippen LogP contribution < -0.4 is 4.74 Å². The van der Waals surface area contributed by atoms with E-state index in [1.54, 1.807) is 24.3 Å². The van der Waals surface area contributed by atoms with E-state index in [0.717, 1.165) is 5.56 Å². The first-order chi connectivity index (χ1) is 17.9. The first-order valence-corrected chi connectivity index (χ1v) is 13.0. The average molecular weight is 565 g/mol. The molecule has 2 aromatic rings. The van der Waals surface area contributed by atoms with Crippen LogP contribution in [0.25, 0.3) is 0 Å². The highest BCUT2D eigenvalue weighted by molar-refractivity contribution is 7.89. The highest BCUT2D eigenvalue weighted by atomic mass is 32.2. The summed E-state index contributed by atoms with van der Waals surface area (Å²) in [7, 11) is -3.58. The van der Waals surface area contributed by atoms with Crippen LogP contribution in [-0.4, -0.2) is 67.5 Å². The molecule has 0 saturated carbocycles. The van der Waals surface area contributed by atoms with E-state index in [9.17, 15) is 27.1 Å². The van der Waals surface area contributed by atoms with Gasteiger partial charge in [-0.1, -0.05) is 19.1 Å². The predicted octanol–water partition coefficient (Wildman–Crippen LogP) is 4.31. The molecule has 8 nitrogen and oxygen atoms in total. The first-order valence-electron chi connectivity index (χ1n) is 11.5. The molecule has 38 heavy (non-hydrogen) atoms. The lowest BCUT2D eigenvalue weighted by atomic mass is 9.86. The molecule has 5 unspecified atom stereocenters. The molecule has 208 valence electrons. The quantitative estimate of drug-likeness (QED) is 0.379. The van der Waals surface area contributed by atoms with Gasteiger partial charge in [0.2, 0.25) is 10.0 Å². The van der Waals surface area contributed by atoms with E-state index >= 15 is 13.2 Å². The number of alkyl halides is 3. The molecule has 0 spiro atoms. The molecule has 2 aliphatic rings. The van der Waals surface area contributed by atoms with E-state index in [1.807, 2.05) is 0 Å². The van der Waals surface area contributed by atoms with Crippen LogP contribution in [0.15, 0.2) is 47.4 Å². The van der Waals surface area contributed by atoms with E-state index in [1.165, 1.54) is 14.0 Å². The summed E-state index contributed by atoms with van der Waals surface area (Å²) in [6.45, 7) is 1.34. The van der Waals surface area contributed by atoms with Gasteiger partial charge in [0.25, 0.3) is 0 Å². The zero-order valence-corrected chi connectivity index (χ0v) is 21.0. The largest absolute Gasteiger partial charge is 0.497 e. The van der Waals surface area contributed by atoms with Crippen molar-refractivity contribution in [3.8, 4) is 5.75 Å². The third kappa shape index (κ3) is 4.80. The van der Waals surface area contributed by atoms with Gasteiger partial charge >= 0.3 is 6.09 Å². The fourth-order valence-electron chi connectivity index (χ4n) is 5.18. The van der Waals surface area contributed by atoms with Crippen LogP contribution in [0.4, 0.5) is 26.7 Å². The van der Waals surface area contributed by atoms with Crippen molar-refractivity contribution in [1.29, 1.82) is 0 Å². The smallest absolute Gasteiger partial charge is 0.409 e. The van der Waals surface area contributed by atoms with Crippen LogP contribution >= 0.6 is 0 Å². The molecular formula is C24H25F5N2O6S.